The van der Waals surface area contributed by atoms with Crippen LogP contribution in [0.2, 0.25) is 0 Å². The van der Waals surface area contributed by atoms with Crippen LogP contribution in [0.4, 0.5) is 9.59 Å². The highest BCUT2D eigenvalue weighted by molar-refractivity contribution is 5.61. The largest absolute Gasteiger partial charge is 0.508 e. The molecule has 0 saturated carbocycles. The Morgan fingerprint density at radius 3 is 2.53 bits per heavy atom. The van der Waals surface area contributed by atoms with Gasteiger partial charge >= 0.3 is 12.3 Å². The number of hydrogen-bond donors (Lipinski definition) is 0. The zero-order valence-electron chi connectivity index (χ0n) is 8.78. The molecule has 0 N–H and O–H groups in total. The van der Waals surface area contributed by atoms with Gasteiger partial charge in [0.15, 0.2) is 0 Å². The van der Waals surface area contributed by atoms with E-state index < -0.39 is 17.7 Å². The van der Waals surface area contributed by atoms with Crippen LogP contribution in [0.5, 0.6) is 0 Å². The van der Waals surface area contributed by atoms with Crippen LogP contribution in [0.3, 0.4) is 0 Å². The van der Waals surface area contributed by atoms with Crippen molar-refractivity contribution in [3.05, 3.63) is 0 Å². The SMILES string of the molecule is CCOC(=O)OCC1(C)COC(=O)OC1. The Morgan fingerprint density at radius 1 is 1.40 bits per heavy atom. The lowest BCUT2D eigenvalue weighted by Gasteiger charge is -2.31. The Balaban J connectivity index is 2.30. The summed E-state index contributed by atoms with van der Waals surface area (Å²) < 4.78 is 18.8. The molecule has 15 heavy (non-hydrogen) atoms. The first kappa shape index (κ1) is 11.6. The van der Waals surface area contributed by atoms with Crippen molar-refractivity contribution < 1.29 is 28.5 Å². The molecule has 0 radical (unpaired) electrons. The van der Waals surface area contributed by atoms with Gasteiger partial charge in [-0.15, -0.1) is 0 Å². The molecule has 0 bridgehead atoms. The molecule has 6 heteroatoms. The Morgan fingerprint density at radius 2 is 2.00 bits per heavy atom. The molecular formula is C9H14O6. The van der Waals surface area contributed by atoms with Crippen LogP contribution in [0.25, 0.3) is 0 Å². The van der Waals surface area contributed by atoms with Gasteiger partial charge in [-0.25, -0.2) is 9.59 Å². The average Bonchev–Trinajstić information content (AvgIpc) is 2.21. The summed E-state index contributed by atoms with van der Waals surface area (Å²) in [6, 6.07) is 0. The second-order valence-electron chi connectivity index (χ2n) is 3.61. The highest BCUT2D eigenvalue weighted by atomic mass is 16.7. The zero-order chi connectivity index (χ0) is 11.3. The molecule has 0 aromatic rings. The van der Waals surface area contributed by atoms with Gasteiger partial charge in [-0.3, -0.25) is 0 Å². The minimum atomic E-state index is -0.726. The molecule has 6 nitrogen and oxygen atoms in total. The maximum Gasteiger partial charge on any atom is 0.508 e. The normalized spacial score (nSPS) is 18.7. The summed E-state index contributed by atoms with van der Waals surface area (Å²) in [4.78, 5) is 21.5. The monoisotopic (exact) mass is 218 g/mol. The molecule has 1 rings (SSSR count). The molecule has 0 aromatic heterocycles. The lowest BCUT2D eigenvalue weighted by atomic mass is 9.94. The van der Waals surface area contributed by atoms with Crippen LogP contribution < -0.4 is 0 Å². The summed E-state index contributed by atoms with van der Waals surface area (Å²) in [5, 5.41) is 0. The van der Waals surface area contributed by atoms with Crippen molar-refractivity contribution in [1.29, 1.82) is 0 Å². The molecule has 1 aliphatic heterocycles. The number of carbonyl (C=O) groups is 2. The van der Waals surface area contributed by atoms with Gasteiger partial charge in [0.1, 0.15) is 19.8 Å². The maximum atomic E-state index is 10.9. The van der Waals surface area contributed by atoms with Crippen molar-refractivity contribution in [3.8, 4) is 0 Å². The topological polar surface area (TPSA) is 71.1 Å². The summed E-state index contributed by atoms with van der Waals surface area (Å²) in [6.07, 6.45) is -1.42. The van der Waals surface area contributed by atoms with Crippen molar-refractivity contribution >= 4 is 12.3 Å². The fourth-order valence-electron chi connectivity index (χ4n) is 1.03. The van der Waals surface area contributed by atoms with Gasteiger partial charge in [0.2, 0.25) is 0 Å². The summed E-state index contributed by atoms with van der Waals surface area (Å²) >= 11 is 0. The molecule has 1 heterocycles. The Labute approximate surface area is 87.4 Å². The van der Waals surface area contributed by atoms with Crippen LogP contribution >= 0.6 is 0 Å². The van der Waals surface area contributed by atoms with Crippen LogP contribution in [-0.4, -0.2) is 38.7 Å². The molecule has 0 unspecified atom stereocenters. The standard InChI is InChI=1S/C9H14O6/c1-3-12-7(10)13-4-9(2)5-14-8(11)15-6-9/h3-6H2,1-2H3. The highest BCUT2D eigenvalue weighted by Crippen LogP contribution is 2.22. The van der Waals surface area contributed by atoms with Gasteiger partial charge in [0.25, 0.3) is 0 Å². The third kappa shape index (κ3) is 3.65. The van der Waals surface area contributed by atoms with E-state index in [2.05, 4.69) is 4.74 Å². The van der Waals surface area contributed by atoms with Gasteiger partial charge in [-0.1, -0.05) is 0 Å². The van der Waals surface area contributed by atoms with Gasteiger partial charge < -0.3 is 18.9 Å². The second-order valence-corrected chi connectivity index (χ2v) is 3.61. The summed E-state index contributed by atoms with van der Waals surface area (Å²) in [5.74, 6) is 0. The number of carbonyl (C=O) groups excluding carboxylic acids is 2. The van der Waals surface area contributed by atoms with Gasteiger partial charge in [-0.05, 0) is 13.8 Å². The number of rotatable bonds is 3. The third-order valence-corrected chi connectivity index (χ3v) is 1.88. The fourth-order valence-corrected chi connectivity index (χ4v) is 1.03. The van der Waals surface area contributed by atoms with E-state index in [1.54, 1.807) is 13.8 Å². The van der Waals surface area contributed by atoms with E-state index in [-0.39, 0.29) is 26.4 Å². The van der Waals surface area contributed by atoms with E-state index in [1.165, 1.54) is 0 Å². The first-order valence-electron chi connectivity index (χ1n) is 4.65. The minimum absolute atomic E-state index is 0.0963. The Hall–Kier alpha value is -1.46. The predicted octanol–water partition coefficient (Wildman–Crippen LogP) is 1.33. The van der Waals surface area contributed by atoms with E-state index in [0.29, 0.717) is 0 Å². The Bertz CT molecular complexity index is 239. The Kier molecular flexibility index (Phi) is 3.76. The zero-order valence-corrected chi connectivity index (χ0v) is 8.78. The van der Waals surface area contributed by atoms with E-state index in [0.717, 1.165) is 0 Å². The van der Waals surface area contributed by atoms with Crippen molar-refractivity contribution in [3.63, 3.8) is 0 Å². The lowest BCUT2D eigenvalue weighted by molar-refractivity contribution is -0.0794. The number of cyclic esters (lactones) is 2. The first-order valence-corrected chi connectivity index (χ1v) is 4.65. The van der Waals surface area contributed by atoms with Crippen molar-refractivity contribution in [2.75, 3.05) is 26.4 Å². The van der Waals surface area contributed by atoms with Gasteiger partial charge in [0, 0.05) is 0 Å². The molecule has 0 aliphatic carbocycles. The van der Waals surface area contributed by atoms with Crippen LogP contribution in [-0.2, 0) is 18.9 Å². The molecule has 0 atom stereocenters. The molecule has 1 saturated heterocycles. The van der Waals surface area contributed by atoms with E-state index >= 15 is 0 Å². The van der Waals surface area contributed by atoms with Crippen LogP contribution in [0, 0.1) is 5.41 Å². The minimum Gasteiger partial charge on any atom is -0.435 e. The number of hydrogen-bond acceptors (Lipinski definition) is 6. The van der Waals surface area contributed by atoms with Crippen molar-refractivity contribution in [2.45, 2.75) is 13.8 Å². The van der Waals surface area contributed by atoms with Crippen molar-refractivity contribution in [2.24, 2.45) is 5.41 Å². The smallest absolute Gasteiger partial charge is 0.435 e. The van der Waals surface area contributed by atoms with E-state index in [9.17, 15) is 9.59 Å². The van der Waals surface area contributed by atoms with Crippen molar-refractivity contribution in [1.82, 2.24) is 0 Å². The predicted molar refractivity (Wildman–Crippen MR) is 48.4 cm³/mol. The van der Waals surface area contributed by atoms with Crippen LogP contribution in [0.1, 0.15) is 13.8 Å². The molecule has 0 amide bonds. The molecule has 0 aromatic carbocycles. The summed E-state index contributed by atoms with van der Waals surface area (Å²) in [6.45, 7) is 4.18. The first-order chi connectivity index (χ1) is 7.06. The second kappa shape index (κ2) is 4.86. The summed E-state index contributed by atoms with van der Waals surface area (Å²) in [5.41, 5.74) is -0.499. The molecular weight excluding hydrogens is 204 g/mol. The quantitative estimate of drug-likeness (QED) is 0.665. The highest BCUT2D eigenvalue weighted by Gasteiger charge is 2.34. The van der Waals surface area contributed by atoms with Crippen LogP contribution in [0.15, 0.2) is 0 Å². The lowest BCUT2D eigenvalue weighted by Crippen LogP contribution is -2.41. The molecule has 0 spiro atoms. The molecule has 86 valence electrons. The van der Waals surface area contributed by atoms with Gasteiger partial charge in [-0.2, -0.15) is 0 Å². The maximum absolute atomic E-state index is 10.9. The van der Waals surface area contributed by atoms with E-state index in [1.807, 2.05) is 0 Å². The molecule has 1 fully saturated rings. The average molecular weight is 218 g/mol. The van der Waals surface area contributed by atoms with Gasteiger partial charge in [0.05, 0.1) is 12.0 Å². The summed E-state index contributed by atoms with van der Waals surface area (Å²) in [7, 11) is 0. The fraction of sp³-hybridized carbons (Fsp3) is 0.778. The molecule has 1 aliphatic rings. The number of ether oxygens (including phenoxy) is 4. The van der Waals surface area contributed by atoms with E-state index in [4.69, 9.17) is 14.2 Å². The third-order valence-electron chi connectivity index (χ3n) is 1.88.